The topological polar surface area (TPSA) is 96.0 Å². The second-order valence-electron chi connectivity index (χ2n) is 10.8. The van der Waals surface area contributed by atoms with Crippen molar-refractivity contribution in [2.45, 2.75) is 64.6 Å². The van der Waals surface area contributed by atoms with Gasteiger partial charge in [-0.1, -0.05) is 42.5 Å². The smallest absolute Gasteiger partial charge is 0.264 e. The van der Waals surface area contributed by atoms with E-state index in [2.05, 4.69) is 5.32 Å². The molecule has 0 saturated carbocycles. The molecular formula is C31H39N3O5S. The molecule has 0 aliphatic carbocycles. The fourth-order valence-electron chi connectivity index (χ4n) is 4.22. The van der Waals surface area contributed by atoms with Crippen molar-refractivity contribution in [3.63, 3.8) is 0 Å². The Hall–Kier alpha value is -3.85. The van der Waals surface area contributed by atoms with Crippen LogP contribution in [0.4, 0.5) is 5.69 Å². The summed E-state index contributed by atoms with van der Waals surface area (Å²) < 4.78 is 34.3. The van der Waals surface area contributed by atoms with E-state index in [-0.39, 0.29) is 17.3 Å². The van der Waals surface area contributed by atoms with Crippen LogP contribution >= 0.6 is 0 Å². The van der Waals surface area contributed by atoms with Crippen LogP contribution in [0.25, 0.3) is 0 Å². The van der Waals surface area contributed by atoms with Crippen molar-refractivity contribution in [3.8, 4) is 5.75 Å². The fourth-order valence-corrected chi connectivity index (χ4v) is 5.72. The predicted molar refractivity (Wildman–Crippen MR) is 158 cm³/mol. The van der Waals surface area contributed by atoms with Crippen molar-refractivity contribution in [2.24, 2.45) is 0 Å². The number of carbonyl (C=O) groups is 2. The number of nitrogens with one attached hydrogen (secondary N) is 1. The Balaban J connectivity index is 2.06. The molecule has 0 radical (unpaired) electrons. The standard InChI is InChI=1S/C31H39N3O5S/c1-22-12-11-15-28(23(22)2)34(40(37,38)27-13-9-8-10-14-27)21-29(35)33(24(3)30(36)32-31(4,5)6)20-25-16-18-26(39-7)19-17-25/h8-19,24H,20-21H2,1-7H3,(H,32,36). The number of benzene rings is 3. The van der Waals surface area contributed by atoms with Gasteiger partial charge in [0.05, 0.1) is 17.7 Å². The van der Waals surface area contributed by atoms with Crippen LogP contribution in [0.1, 0.15) is 44.4 Å². The van der Waals surface area contributed by atoms with Crippen molar-refractivity contribution < 1.29 is 22.7 Å². The number of amides is 2. The van der Waals surface area contributed by atoms with Gasteiger partial charge in [-0.3, -0.25) is 13.9 Å². The number of carbonyl (C=O) groups excluding carboxylic acids is 2. The van der Waals surface area contributed by atoms with Crippen molar-refractivity contribution in [1.82, 2.24) is 10.2 Å². The molecule has 214 valence electrons. The van der Waals surface area contributed by atoms with Gasteiger partial charge in [0.1, 0.15) is 18.3 Å². The van der Waals surface area contributed by atoms with Crippen molar-refractivity contribution in [1.29, 1.82) is 0 Å². The van der Waals surface area contributed by atoms with E-state index in [1.54, 1.807) is 56.5 Å². The Bertz CT molecular complexity index is 1430. The highest BCUT2D eigenvalue weighted by Crippen LogP contribution is 2.29. The van der Waals surface area contributed by atoms with Gasteiger partial charge in [-0.2, -0.15) is 0 Å². The highest BCUT2D eigenvalue weighted by Gasteiger charge is 2.34. The van der Waals surface area contributed by atoms with Crippen LogP contribution in [-0.2, 0) is 26.2 Å². The van der Waals surface area contributed by atoms with E-state index in [9.17, 15) is 18.0 Å². The molecule has 2 amide bonds. The molecule has 0 fully saturated rings. The Labute approximate surface area is 238 Å². The SMILES string of the molecule is COc1ccc(CN(C(=O)CN(c2cccc(C)c2C)S(=O)(=O)c2ccccc2)C(C)C(=O)NC(C)(C)C)cc1. The van der Waals surface area contributed by atoms with E-state index >= 15 is 0 Å². The monoisotopic (exact) mass is 565 g/mol. The average molecular weight is 566 g/mol. The summed E-state index contributed by atoms with van der Waals surface area (Å²) in [6, 6.07) is 19.7. The lowest BCUT2D eigenvalue weighted by atomic mass is 10.1. The summed E-state index contributed by atoms with van der Waals surface area (Å²) >= 11 is 0. The number of ether oxygens (including phenoxy) is 1. The van der Waals surface area contributed by atoms with Gasteiger partial charge < -0.3 is 15.0 Å². The zero-order valence-electron chi connectivity index (χ0n) is 24.3. The molecule has 0 bridgehead atoms. The Kier molecular flexibility index (Phi) is 9.63. The lowest BCUT2D eigenvalue weighted by Crippen LogP contribution is -2.54. The Morgan fingerprint density at radius 1 is 0.925 bits per heavy atom. The van der Waals surface area contributed by atoms with Crippen LogP contribution in [0.3, 0.4) is 0 Å². The molecule has 40 heavy (non-hydrogen) atoms. The van der Waals surface area contributed by atoms with E-state index in [0.29, 0.717) is 11.4 Å². The summed E-state index contributed by atoms with van der Waals surface area (Å²) in [7, 11) is -2.54. The van der Waals surface area contributed by atoms with Crippen LogP contribution in [0.2, 0.25) is 0 Å². The Morgan fingerprint density at radius 3 is 2.12 bits per heavy atom. The highest BCUT2D eigenvalue weighted by molar-refractivity contribution is 7.92. The summed E-state index contributed by atoms with van der Waals surface area (Å²) in [5, 5.41) is 2.93. The highest BCUT2D eigenvalue weighted by atomic mass is 32.2. The van der Waals surface area contributed by atoms with Gasteiger partial charge in [-0.05, 0) is 88.6 Å². The summed E-state index contributed by atoms with van der Waals surface area (Å²) in [5.74, 6) is -0.179. The third kappa shape index (κ3) is 7.41. The first-order chi connectivity index (χ1) is 18.7. The number of hydrogen-bond donors (Lipinski definition) is 1. The van der Waals surface area contributed by atoms with Crippen LogP contribution in [0.15, 0.2) is 77.7 Å². The molecule has 3 aromatic rings. The Morgan fingerprint density at radius 2 is 1.55 bits per heavy atom. The second kappa shape index (κ2) is 12.6. The summed E-state index contributed by atoms with van der Waals surface area (Å²) in [5.41, 5.74) is 2.31. The molecule has 0 aliphatic rings. The predicted octanol–water partition coefficient (Wildman–Crippen LogP) is 4.84. The molecule has 0 aromatic heterocycles. The molecule has 9 heteroatoms. The van der Waals surface area contributed by atoms with E-state index in [1.165, 1.54) is 17.0 Å². The number of aryl methyl sites for hydroxylation is 1. The summed E-state index contributed by atoms with van der Waals surface area (Å²) in [6.45, 7) is 10.6. The number of rotatable bonds is 10. The maximum Gasteiger partial charge on any atom is 0.264 e. The van der Waals surface area contributed by atoms with Gasteiger partial charge in [0, 0.05) is 12.1 Å². The first-order valence-electron chi connectivity index (χ1n) is 13.1. The number of hydrogen-bond acceptors (Lipinski definition) is 5. The molecule has 3 aromatic carbocycles. The number of methoxy groups -OCH3 is 1. The zero-order valence-corrected chi connectivity index (χ0v) is 25.1. The molecule has 0 aliphatic heterocycles. The maximum atomic E-state index is 14.1. The van der Waals surface area contributed by atoms with E-state index in [1.807, 2.05) is 52.8 Å². The molecule has 1 atom stereocenters. The van der Waals surface area contributed by atoms with Gasteiger partial charge in [0.15, 0.2) is 0 Å². The van der Waals surface area contributed by atoms with Gasteiger partial charge in [0.25, 0.3) is 10.0 Å². The van der Waals surface area contributed by atoms with E-state index < -0.39 is 34.1 Å². The first kappa shape index (κ1) is 30.7. The maximum absolute atomic E-state index is 14.1. The normalized spacial score (nSPS) is 12.4. The van der Waals surface area contributed by atoms with Crippen molar-refractivity contribution in [2.75, 3.05) is 18.0 Å². The summed E-state index contributed by atoms with van der Waals surface area (Å²) in [6.07, 6.45) is 0. The molecule has 1 N–H and O–H groups in total. The molecule has 8 nitrogen and oxygen atoms in total. The zero-order chi connectivity index (χ0) is 29.7. The number of anilines is 1. The van der Waals surface area contributed by atoms with Gasteiger partial charge >= 0.3 is 0 Å². The van der Waals surface area contributed by atoms with Gasteiger partial charge in [-0.25, -0.2) is 8.42 Å². The second-order valence-corrected chi connectivity index (χ2v) is 12.7. The minimum absolute atomic E-state index is 0.0731. The minimum Gasteiger partial charge on any atom is -0.497 e. The van der Waals surface area contributed by atoms with Crippen molar-refractivity contribution >= 4 is 27.5 Å². The lowest BCUT2D eigenvalue weighted by Gasteiger charge is -2.34. The van der Waals surface area contributed by atoms with Crippen LogP contribution in [-0.4, -0.2) is 50.4 Å². The average Bonchev–Trinajstić information content (AvgIpc) is 2.91. The molecular weight excluding hydrogens is 526 g/mol. The molecule has 0 saturated heterocycles. The largest absolute Gasteiger partial charge is 0.497 e. The molecule has 3 rings (SSSR count). The number of nitrogens with zero attached hydrogens (tertiary/aromatic N) is 2. The summed E-state index contributed by atoms with van der Waals surface area (Å²) in [4.78, 5) is 28.8. The van der Waals surface area contributed by atoms with Crippen LogP contribution < -0.4 is 14.4 Å². The fraction of sp³-hybridized carbons (Fsp3) is 0.355. The third-order valence-corrected chi connectivity index (χ3v) is 8.41. The van der Waals surface area contributed by atoms with Crippen LogP contribution in [0.5, 0.6) is 5.75 Å². The van der Waals surface area contributed by atoms with E-state index in [4.69, 9.17) is 4.74 Å². The quantitative estimate of drug-likeness (QED) is 0.380. The van der Waals surface area contributed by atoms with Gasteiger partial charge in [-0.15, -0.1) is 0 Å². The minimum atomic E-state index is -4.11. The molecule has 0 heterocycles. The van der Waals surface area contributed by atoms with Crippen LogP contribution in [0, 0.1) is 13.8 Å². The van der Waals surface area contributed by atoms with Crippen molar-refractivity contribution in [3.05, 3.63) is 89.5 Å². The third-order valence-electron chi connectivity index (χ3n) is 6.63. The number of sulfonamides is 1. The van der Waals surface area contributed by atoms with Gasteiger partial charge in [0.2, 0.25) is 11.8 Å². The van der Waals surface area contributed by atoms with E-state index in [0.717, 1.165) is 21.0 Å². The first-order valence-corrected chi connectivity index (χ1v) is 14.6. The molecule has 0 spiro atoms. The lowest BCUT2D eigenvalue weighted by molar-refractivity contribution is -0.140. The molecule has 1 unspecified atom stereocenters.